The van der Waals surface area contributed by atoms with Crippen LogP contribution >= 0.6 is 0 Å². The van der Waals surface area contributed by atoms with Gasteiger partial charge in [-0.05, 0) is 40.0 Å². The number of Topliss-reactive ketones (excluding diaryl/α,β-unsaturated/α-hetero) is 1. The molecule has 0 bridgehead atoms. The summed E-state index contributed by atoms with van der Waals surface area (Å²) in [6.07, 6.45) is 0.379. The van der Waals surface area contributed by atoms with Crippen LogP contribution in [0.25, 0.3) is 11.1 Å². The van der Waals surface area contributed by atoms with Gasteiger partial charge in [0.1, 0.15) is 11.5 Å². The maximum atomic E-state index is 13.1. The lowest BCUT2D eigenvalue weighted by Crippen LogP contribution is -2.20. The van der Waals surface area contributed by atoms with Crippen LogP contribution in [0.15, 0.2) is 84.9 Å². The van der Waals surface area contributed by atoms with Crippen molar-refractivity contribution in [2.24, 2.45) is 5.41 Å². The summed E-state index contributed by atoms with van der Waals surface area (Å²) >= 11 is 0. The molecule has 3 rings (SSSR count). The zero-order valence-electron chi connectivity index (χ0n) is 17.6. The van der Waals surface area contributed by atoms with E-state index in [0.717, 1.165) is 33.6 Å². The number of benzene rings is 3. The molecule has 0 unspecified atom stereocenters. The Balaban J connectivity index is 2.27. The van der Waals surface area contributed by atoms with Crippen molar-refractivity contribution < 1.29 is 9.53 Å². The summed E-state index contributed by atoms with van der Waals surface area (Å²) in [5, 5.41) is 0. The van der Waals surface area contributed by atoms with Gasteiger partial charge in [0.2, 0.25) is 0 Å². The number of allylic oxidation sites excluding steroid dienone is 1. The highest BCUT2D eigenvalue weighted by molar-refractivity contribution is 6.05. The van der Waals surface area contributed by atoms with Gasteiger partial charge in [0.15, 0.2) is 0 Å². The highest BCUT2D eigenvalue weighted by atomic mass is 16.5. The maximum absolute atomic E-state index is 13.1. The van der Waals surface area contributed by atoms with Gasteiger partial charge in [0.05, 0.1) is 7.11 Å². The third kappa shape index (κ3) is 5.03. The SMILES string of the molecule is COc1ccc(C(=C(CC(=O)C(C)(C)C)c2ccccc2)c2ccccc2)cc1. The second-order valence-corrected chi connectivity index (χ2v) is 8.16. The summed E-state index contributed by atoms with van der Waals surface area (Å²) in [4.78, 5) is 13.1. The Labute approximate surface area is 173 Å². The Morgan fingerprint density at radius 2 is 1.21 bits per heavy atom. The number of carbonyl (C=O) groups excluding carboxylic acids is 1. The van der Waals surface area contributed by atoms with Crippen molar-refractivity contribution in [3.05, 3.63) is 102 Å². The Kier molecular flexibility index (Phi) is 6.33. The standard InChI is InChI=1S/C27H28O2/c1-27(2,3)25(28)19-24(20-11-7-5-8-12-20)26(21-13-9-6-10-14-21)22-15-17-23(29-4)18-16-22/h5-18H,19H2,1-4H3. The van der Waals surface area contributed by atoms with E-state index in [0.29, 0.717) is 6.42 Å². The smallest absolute Gasteiger partial charge is 0.142 e. The lowest BCUT2D eigenvalue weighted by molar-refractivity contribution is -0.125. The fraction of sp³-hybridized carbons (Fsp3) is 0.222. The molecule has 0 saturated carbocycles. The lowest BCUT2D eigenvalue weighted by Gasteiger charge is -2.21. The monoisotopic (exact) mass is 384 g/mol. The van der Waals surface area contributed by atoms with Gasteiger partial charge < -0.3 is 4.74 Å². The van der Waals surface area contributed by atoms with E-state index in [9.17, 15) is 4.79 Å². The summed E-state index contributed by atoms with van der Waals surface area (Å²) in [6.45, 7) is 5.94. The number of ether oxygens (including phenoxy) is 1. The van der Waals surface area contributed by atoms with Gasteiger partial charge in [0.25, 0.3) is 0 Å². The highest BCUT2D eigenvalue weighted by Crippen LogP contribution is 2.36. The minimum absolute atomic E-state index is 0.221. The first-order chi connectivity index (χ1) is 13.9. The summed E-state index contributed by atoms with van der Waals surface area (Å²) in [6, 6.07) is 28.5. The third-order valence-electron chi connectivity index (χ3n) is 5.04. The van der Waals surface area contributed by atoms with Crippen molar-refractivity contribution in [2.45, 2.75) is 27.2 Å². The highest BCUT2D eigenvalue weighted by Gasteiger charge is 2.25. The molecule has 2 nitrogen and oxygen atoms in total. The number of rotatable bonds is 6. The molecular weight excluding hydrogens is 356 g/mol. The van der Waals surface area contributed by atoms with Crippen molar-refractivity contribution in [1.82, 2.24) is 0 Å². The first-order valence-corrected chi connectivity index (χ1v) is 9.92. The van der Waals surface area contributed by atoms with Gasteiger partial charge in [-0.15, -0.1) is 0 Å². The molecule has 29 heavy (non-hydrogen) atoms. The molecular formula is C27H28O2. The van der Waals surface area contributed by atoms with Crippen LogP contribution in [0.5, 0.6) is 5.75 Å². The van der Waals surface area contributed by atoms with Crippen molar-refractivity contribution >= 4 is 16.9 Å². The largest absolute Gasteiger partial charge is 0.497 e. The fourth-order valence-electron chi connectivity index (χ4n) is 3.28. The summed E-state index contributed by atoms with van der Waals surface area (Å²) in [5.41, 5.74) is 4.95. The molecule has 0 saturated heterocycles. The molecule has 0 aromatic heterocycles. The molecule has 2 heteroatoms. The fourth-order valence-corrected chi connectivity index (χ4v) is 3.28. The van der Waals surface area contributed by atoms with Crippen LogP contribution in [0.3, 0.4) is 0 Å². The van der Waals surface area contributed by atoms with Gasteiger partial charge in [-0.25, -0.2) is 0 Å². The number of hydrogen-bond acceptors (Lipinski definition) is 2. The number of methoxy groups -OCH3 is 1. The topological polar surface area (TPSA) is 26.3 Å². The molecule has 0 atom stereocenters. The first kappa shape index (κ1) is 20.6. The molecule has 0 fully saturated rings. The number of ketones is 1. The number of carbonyl (C=O) groups is 1. The molecule has 3 aromatic carbocycles. The predicted octanol–water partition coefficient (Wildman–Crippen LogP) is 6.66. The van der Waals surface area contributed by atoms with Gasteiger partial charge in [-0.1, -0.05) is 93.6 Å². The molecule has 0 N–H and O–H groups in total. The summed E-state index contributed by atoms with van der Waals surface area (Å²) in [5.74, 6) is 1.03. The average Bonchev–Trinajstić information content (AvgIpc) is 2.74. The zero-order chi connectivity index (χ0) is 20.9. The van der Waals surface area contributed by atoms with Gasteiger partial charge in [-0.2, -0.15) is 0 Å². The molecule has 0 aliphatic heterocycles. The average molecular weight is 385 g/mol. The van der Waals surface area contributed by atoms with E-state index in [2.05, 4.69) is 36.4 Å². The molecule has 0 aliphatic carbocycles. The van der Waals surface area contributed by atoms with Crippen LogP contribution in [0.1, 0.15) is 43.9 Å². The van der Waals surface area contributed by atoms with Crippen molar-refractivity contribution in [2.75, 3.05) is 7.11 Å². The molecule has 0 heterocycles. The number of hydrogen-bond donors (Lipinski definition) is 0. The first-order valence-electron chi connectivity index (χ1n) is 9.92. The van der Waals surface area contributed by atoms with Crippen LogP contribution in [0.2, 0.25) is 0 Å². The molecule has 3 aromatic rings. The van der Waals surface area contributed by atoms with E-state index in [1.807, 2.05) is 69.3 Å². The second-order valence-electron chi connectivity index (χ2n) is 8.16. The van der Waals surface area contributed by atoms with Crippen LogP contribution in [-0.4, -0.2) is 12.9 Å². The summed E-state index contributed by atoms with van der Waals surface area (Å²) < 4.78 is 5.34. The van der Waals surface area contributed by atoms with Crippen molar-refractivity contribution in [1.29, 1.82) is 0 Å². The van der Waals surface area contributed by atoms with E-state index >= 15 is 0 Å². The van der Waals surface area contributed by atoms with Gasteiger partial charge >= 0.3 is 0 Å². The predicted molar refractivity (Wildman–Crippen MR) is 121 cm³/mol. The molecule has 0 amide bonds. The minimum atomic E-state index is -0.401. The normalized spacial score (nSPS) is 12.3. The van der Waals surface area contributed by atoms with Crippen LogP contribution in [-0.2, 0) is 4.79 Å². The van der Waals surface area contributed by atoms with Crippen LogP contribution in [0.4, 0.5) is 0 Å². The van der Waals surface area contributed by atoms with Crippen LogP contribution < -0.4 is 4.74 Å². The van der Waals surface area contributed by atoms with E-state index < -0.39 is 5.41 Å². The van der Waals surface area contributed by atoms with Crippen molar-refractivity contribution in [3.8, 4) is 5.75 Å². The van der Waals surface area contributed by atoms with Gasteiger partial charge in [0, 0.05) is 11.8 Å². The van der Waals surface area contributed by atoms with Crippen LogP contribution in [0, 0.1) is 5.41 Å². The molecule has 0 spiro atoms. The Morgan fingerprint density at radius 3 is 1.69 bits per heavy atom. The molecule has 0 aliphatic rings. The minimum Gasteiger partial charge on any atom is -0.497 e. The van der Waals surface area contributed by atoms with E-state index in [1.54, 1.807) is 7.11 Å². The second kappa shape index (κ2) is 8.91. The lowest BCUT2D eigenvalue weighted by atomic mass is 9.81. The van der Waals surface area contributed by atoms with E-state index in [-0.39, 0.29) is 5.78 Å². The Hall–Kier alpha value is -3.13. The molecule has 0 radical (unpaired) electrons. The van der Waals surface area contributed by atoms with E-state index in [4.69, 9.17) is 4.74 Å². The third-order valence-corrected chi connectivity index (χ3v) is 5.04. The Bertz CT molecular complexity index is 976. The Morgan fingerprint density at radius 1 is 0.724 bits per heavy atom. The van der Waals surface area contributed by atoms with Crippen molar-refractivity contribution in [3.63, 3.8) is 0 Å². The summed E-state index contributed by atoms with van der Waals surface area (Å²) in [7, 11) is 1.67. The quantitative estimate of drug-likeness (QED) is 0.444. The van der Waals surface area contributed by atoms with E-state index in [1.165, 1.54) is 0 Å². The zero-order valence-corrected chi connectivity index (χ0v) is 17.6. The van der Waals surface area contributed by atoms with Gasteiger partial charge in [-0.3, -0.25) is 4.79 Å². The molecule has 148 valence electrons. The maximum Gasteiger partial charge on any atom is 0.142 e.